The van der Waals surface area contributed by atoms with Gasteiger partial charge in [-0.15, -0.1) is 0 Å². The second-order valence-corrected chi connectivity index (χ2v) is 5.10. The summed E-state index contributed by atoms with van der Waals surface area (Å²) in [5, 5.41) is 12.5. The third kappa shape index (κ3) is 5.40. The van der Waals surface area contributed by atoms with Crippen LogP contribution >= 0.6 is 0 Å². The molecule has 1 aromatic heterocycles. The van der Waals surface area contributed by atoms with E-state index in [4.69, 9.17) is 4.74 Å². The lowest BCUT2D eigenvalue weighted by atomic mass is 10.3. The number of rotatable bonds is 8. The molecule has 2 aromatic rings. The number of carbonyl (C=O) groups excluding carboxylic acids is 2. The monoisotopic (exact) mass is 331 g/mol. The van der Waals surface area contributed by atoms with Crippen LogP contribution in [0.5, 0.6) is 5.75 Å². The van der Waals surface area contributed by atoms with Crippen molar-refractivity contribution in [2.45, 2.75) is 13.0 Å². The fourth-order valence-electron chi connectivity index (χ4n) is 2.00. The molecule has 0 spiro atoms. The Labute approximate surface area is 140 Å². The molecule has 3 N–H and O–H groups in total. The molecule has 0 bridgehead atoms. The van der Waals surface area contributed by atoms with Gasteiger partial charge < -0.3 is 20.7 Å². The first kappa shape index (κ1) is 17.5. The molecule has 0 saturated carbocycles. The summed E-state index contributed by atoms with van der Waals surface area (Å²) in [5.74, 6) is 0.404. The van der Waals surface area contributed by atoms with Gasteiger partial charge in [-0.05, 0) is 31.3 Å². The molecule has 24 heavy (non-hydrogen) atoms. The molecule has 0 saturated heterocycles. The highest BCUT2D eigenvalue weighted by Gasteiger charge is 2.07. The minimum absolute atomic E-state index is 0.0540. The first-order valence-corrected chi connectivity index (χ1v) is 7.51. The van der Waals surface area contributed by atoms with E-state index in [1.54, 1.807) is 44.6 Å². The summed E-state index contributed by atoms with van der Waals surface area (Å²) in [4.78, 5) is 23.6. The van der Waals surface area contributed by atoms with E-state index in [1.807, 2.05) is 0 Å². The van der Waals surface area contributed by atoms with Gasteiger partial charge in [-0.3, -0.25) is 14.3 Å². The van der Waals surface area contributed by atoms with Crippen molar-refractivity contribution >= 4 is 23.2 Å². The maximum Gasteiger partial charge on any atom is 0.246 e. The van der Waals surface area contributed by atoms with Gasteiger partial charge in [-0.2, -0.15) is 5.10 Å². The lowest BCUT2D eigenvalue weighted by Gasteiger charge is -2.06. The summed E-state index contributed by atoms with van der Waals surface area (Å²) < 4.78 is 6.53. The molecule has 0 aliphatic carbocycles. The SMILES string of the molecule is CNCCC(=O)Nc1cnn(CC(=O)Nc2ccc(OC)cc2)c1. The van der Waals surface area contributed by atoms with E-state index in [-0.39, 0.29) is 18.4 Å². The van der Waals surface area contributed by atoms with E-state index in [2.05, 4.69) is 21.0 Å². The summed E-state index contributed by atoms with van der Waals surface area (Å²) >= 11 is 0. The normalized spacial score (nSPS) is 10.2. The van der Waals surface area contributed by atoms with Gasteiger partial charge in [-0.25, -0.2) is 0 Å². The minimum atomic E-state index is -0.212. The Bertz CT molecular complexity index is 681. The van der Waals surface area contributed by atoms with Gasteiger partial charge in [0, 0.05) is 24.8 Å². The molecule has 128 valence electrons. The maximum atomic E-state index is 12.0. The number of nitrogens with one attached hydrogen (secondary N) is 3. The Morgan fingerprint density at radius 3 is 2.50 bits per heavy atom. The summed E-state index contributed by atoms with van der Waals surface area (Å²) in [7, 11) is 3.37. The zero-order valence-electron chi connectivity index (χ0n) is 13.7. The molecular weight excluding hydrogens is 310 g/mol. The van der Waals surface area contributed by atoms with Gasteiger partial charge in [0.05, 0.1) is 19.0 Å². The lowest BCUT2D eigenvalue weighted by molar-refractivity contribution is -0.117. The van der Waals surface area contributed by atoms with Crippen LogP contribution in [0, 0.1) is 0 Å². The minimum Gasteiger partial charge on any atom is -0.497 e. The molecule has 0 radical (unpaired) electrons. The van der Waals surface area contributed by atoms with E-state index in [0.29, 0.717) is 24.3 Å². The largest absolute Gasteiger partial charge is 0.497 e. The van der Waals surface area contributed by atoms with Crippen LogP contribution in [0.1, 0.15) is 6.42 Å². The Balaban J connectivity index is 1.84. The number of methoxy groups -OCH3 is 1. The molecule has 0 fully saturated rings. The Hall–Kier alpha value is -2.87. The zero-order valence-corrected chi connectivity index (χ0v) is 13.7. The van der Waals surface area contributed by atoms with Gasteiger partial charge in [-0.1, -0.05) is 0 Å². The van der Waals surface area contributed by atoms with Crippen molar-refractivity contribution in [1.82, 2.24) is 15.1 Å². The Morgan fingerprint density at radius 1 is 1.12 bits per heavy atom. The fourth-order valence-corrected chi connectivity index (χ4v) is 2.00. The summed E-state index contributed by atoms with van der Waals surface area (Å²) in [6.07, 6.45) is 3.50. The molecule has 0 aliphatic rings. The smallest absolute Gasteiger partial charge is 0.246 e. The molecule has 0 atom stereocenters. The van der Waals surface area contributed by atoms with Crippen LogP contribution in [-0.2, 0) is 16.1 Å². The topological polar surface area (TPSA) is 97.3 Å². The van der Waals surface area contributed by atoms with Crippen LogP contribution < -0.4 is 20.7 Å². The highest BCUT2D eigenvalue weighted by molar-refractivity contribution is 5.91. The molecule has 0 aliphatic heterocycles. The molecule has 8 heteroatoms. The molecule has 2 rings (SSSR count). The average Bonchev–Trinajstić information content (AvgIpc) is 3.00. The maximum absolute atomic E-state index is 12.0. The van der Waals surface area contributed by atoms with Gasteiger partial charge in [0.2, 0.25) is 11.8 Å². The quantitative estimate of drug-likeness (QED) is 0.672. The number of anilines is 2. The fraction of sp³-hybridized carbons (Fsp3) is 0.312. The predicted octanol–water partition coefficient (Wildman–Crippen LogP) is 1.08. The van der Waals surface area contributed by atoms with Crippen LogP contribution in [0.2, 0.25) is 0 Å². The lowest BCUT2D eigenvalue weighted by Crippen LogP contribution is -2.19. The van der Waals surface area contributed by atoms with E-state index >= 15 is 0 Å². The number of carbonyl (C=O) groups is 2. The second-order valence-electron chi connectivity index (χ2n) is 5.10. The average molecular weight is 331 g/mol. The molecular formula is C16H21N5O3. The van der Waals surface area contributed by atoms with Gasteiger partial charge in [0.1, 0.15) is 12.3 Å². The number of hydrogen-bond donors (Lipinski definition) is 3. The van der Waals surface area contributed by atoms with Crippen molar-refractivity contribution in [3.63, 3.8) is 0 Å². The van der Waals surface area contributed by atoms with Gasteiger partial charge >= 0.3 is 0 Å². The van der Waals surface area contributed by atoms with Gasteiger partial charge in [0.15, 0.2) is 0 Å². The van der Waals surface area contributed by atoms with Crippen molar-refractivity contribution in [2.24, 2.45) is 0 Å². The molecule has 8 nitrogen and oxygen atoms in total. The Morgan fingerprint density at radius 2 is 1.83 bits per heavy atom. The van der Waals surface area contributed by atoms with Crippen molar-refractivity contribution in [3.8, 4) is 5.75 Å². The van der Waals surface area contributed by atoms with Crippen LogP contribution in [0.15, 0.2) is 36.7 Å². The molecule has 2 amide bonds. The van der Waals surface area contributed by atoms with E-state index in [9.17, 15) is 9.59 Å². The van der Waals surface area contributed by atoms with Crippen molar-refractivity contribution in [3.05, 3.63) is 36.7 Å². The number of nitrogens with zero attached hydrogens (tertiary/aromatic N) is 2. The third-order valence-electron chi connectivity index (χ3n) is 3.20. The number of aromatic nitrogens is 2. The van der Waals surface area contributed by atoms with E-state index in [0.717, 1.165) is 5.75 Å². The van der Waals surface area contributed by atoms with Crippen LogP contribution in [0.25, 0.3) is 0 Å². The predicted molar refractivity (Wildman–Crippen MR) is 91.0 cm³/mol. The summed E-state index contributed by atoms with van der Waals surface area (Å²) in [6, 6.07) is 7.05. The molecule has 0 unspecified atom stereocenters. The third-order valence-corrected chi connectivity index (χ3v) is 3.20. The number of amides is 2. The van der Waals surface area contributed by atoms with E-state index < -0.39 is 0 Å². The zero-order chi connectivity index (χ0) is 17.4. The first-order valence-electron chi connectivity index (χ1n) is 7.51. The van der Waals surface area contributed by atoms with Crippen LogP contribution in [-0.4, -0.2) is 42.3 Å². The standard InChI is InChI=1S/C16H21N5O3/c1-17-8-7-15(22)20-13-9-18-21(10-13)11-16(23)19-12-3-5-14(24-2)6-4-12/h3-6,9-10,17H,7-8,11H2,1-2H3,(H,19,23)(H,20,22). The number of ether oxygens (including phenoxy) is 1. The van der Waals surface area contributed by atoms with E-state index in [1.165, 1.54) is 10.9 Å². The molecule has 1 aromatic carbocycles. The first-order chi connectivity index (χ1) is 11.6. The number of hydrogen-bond acceptors (Lipinski definition) is 5. The van der Waals surface area contributed by atoms with Crippen molar-refractivity contribution < 1.29 is 14.3 Å². The van der Waals surface area contributed by atoms with Gasteiger partial charge in [0.25, 0.3) is 0 Å². The number of benzene rings is 1. The van der Waals surface area contributed by atoms with Crippen molar-refractivity contribution in [2.75, 3.05) is 31.3 Å². The highest BCUT2D eigenvalue weighted by atomic mass is 16.5. The van der Waals surface area contributed by atoms with Crippen molar-refractivity contribution in [1.29, 1.82) is 0 Å². The van der Waals surface area contributed by atoms with Crippen LogP contribution in [0.4, 0.5) is 11.4 Å². The molecule has 1 heterocycles. The highest BCUT2D eigenvalue weighted by Crippen LogP contribution is 2.15. The summed E-state index contributed by atoms with van der Waals surface area (Å²) in [5.41, 5.74) is 1.24. The summed E-state index contributed by atoms with van der Waals surface area (Å²) in [6.45, 7) is 0.655. The second kappa shape index (κ2) is 8.68. The van der Waals surface area contributed by atoms with Crippen LogP contribution in [0.3, 0.4) is 0 Å². The Kier molecular flexibility index (Phi) is 6.32.